The third-order valence-electron chi connectivity index (χ3n) is 1.23. The van der Waals surface area contributed by atoms with Gasteiger partial charge in [-0.15, -0.1) is 0 Å². The molecule has 0 heterocycles. The van der Waals surface area contributed by atoms with Crippen molar-refractivity contribution in [1.82, 2.24) is 5.32 Å². The molecule has 0 saturated heterocycles. The molecule has 1 rings (SSSR count). The molecule has 2 heteroatoms. The van der Waals surface area contributed by atoms with Crippen LogP contribution in [0.5, 0.6) is 0 Å². The molecule has 0 N–H and O–H groups in total. The van der Waals surface area contributed by atoms with E-state index in [2.05, 4.69) is 5.32 Å². The van der Waals surface area contributed by atoms with Crippen LogP contribution in [0.4, 0.5) is 0 Å². The van der Waals surface area contributed by atoms with Gasteiger partial charge in [-0.05, 0) is 17.7 Å². The van der Waals surface area contributed by atoms with E-state index in [1.54, 1.807) is 7.05 Å². The summed E-state index contributed by atoms with van der Waals surface area (Å²) in [4.78, 5) is 0. The van der Waals surface area contributed by atoms with Gasteiger partial charge in [0.2, 0.25) is 0 Å². The Hall–Kier alpha value is -0.530. The van der Waals surface area contributed by atoms with Crippen LogP contribution in [0.2, 0.25) is 5.02 Å². The summed E-state index contributed by atoms with van der Waals surface area (Å²) in [6.07, 6.45) is 0. The first-order chi connectivity index (χ1) is 4.83. The first-order valence-corrected chi connectivity index (χ1v) is 3.51. The summed E-state index contributed by atoms with van der Waals surface area (Å²) >= 11 is 5.74. The highest BCUT2D eigenvalue weighted by atomic mass is 35.5. The first kappa shape index (κ1) is 7.58. The maximum absolute atomic E-state index is 5.74. The molecule has 0 saturated carbocycles. The van der Waals surface area contributed by atoms with Gasteiger partial charge in [0.25, 0.3) is 0 Å². The van der Waals surface area contributed by atoms with Gasteiger partial charge in [-0.1, -0.05) is 23.7 Å². The number of rotatable bonds is 2. The summed E-state index contributed by atoms with van der Waals surface area (Å²) in [6, 6.07) is 7.73. The number of hydrogen-bond donors (Lipinski definition) is 0. The van der Waals surface area contributed by atoms with Gasteiger partial charge in [0.1, 0.15) is 0 Å². The normalized spacial score (nSPS) is 9.80. The van der Waals surface area contributed by atoms with E-state index in [4.69, 9.17) is 11.6 Å². The predicted octanol–water partition coefficient (Wildman–Crippen LogP) is 2.07. The first-order valence-electron chi connectivity index (χ1n) is 3.13. The van der Waals surface area contributed by atoms with Gasteiger partial charge < -0.3 is 0 Å². The van der Waals surface area contributed by atoms with E-state index < -0.39 is 0 Å². The highest BCUT2D eigenvalue weighted by Crippen LogP contribution is 2.09. The molecule has 53 valence electrons. The Morgan fingerprint density at radius 3 is 2.90 bits per heavy atom. The van der Waals surface area contributed by atoms with Crippen molar-refractivity contribution >= 4 is 11.6 Å². The van der Waals surface area contributed by atoms with Crippen molar-refractivity contribution in [3.8, 4) is 0 Å². The molecule has 0 fully saturated rings. The minimum absolute atomic E-state index is 0.751. The SMILES string of the molecule is C[N]Cc1cccc(Cl)c1. The minimum atomic E-state index is 0.751. The van der Waals surface area contributed by atoms with E-state index in [1.165, 1.54) is 0 Å². The molecule has 0 aliphatic heterocycles. The molecule has 0 amide bonds. The summed E-state index contributed by atoms with van der Waals surface area (Å²) in [6.45, 7) is 0.751. The van der Waals surface area contributed by atoms with Crippen LogP contribution in [-0.4, -0.2) is 7.05 Å². The summed E-state index contributed by atoms with van der Waals surface area (Å²) < 4.78 is 0. The van der Waals surface area contributed by atoms with E-state index in [9.17, 15) is 0 Å². The van der Waals surface area contributed by atoms with Crippen LogP contribution < -0.4 is 5.32 Å². The zero-order valence-electron chi connectivity index (χ0n) is 5.84. The monoisotopic (exact) mass is 154 g/mol. The van der Waals surface area contributed by atoms with Crippen LogP contribution in [0.15, 0.2) is 24.3 Å². The topological polar surface area (TPSA) is 14.1 Å². The smallest absolute Gasteiger partial charge is 0.0409 e. The summed E-state index contributed by atoms with van der Waals surface area (Å²) in [5.74, 6) is 0. The number of nitrogens with zero attached hydrogens (tertiary/aromatic N) is 1. The maximum atomic E-state index is 5.74. The summed E-state index contributed by atoms with van der Waals surface area (Å²) in [5.41, 5.74) is 1.16. The zero-order valence-corrected chi connectivity index (χ0v) is 6.60. The zero-order chi connectivity index (χ0) is 7.40. The van der Waals surface area contributed by atoms with Gasteiger partial charge in [0, 0.05) is 18.6 Å². The fourth-order valence-corrected chi connectivity index (χ4v) is 1.03. The second-order valence-corrected chi connectivity index (χ2v) is 2.54. The molecule has 0 spiro atoms. The van der Waals surface area contributed by atoms with Crippen LogP contribution in [0.25, 0.3) is 0 Å². The molecular weight excluding hydrogens is 146 g/mol. The van der Waals surface area contributed by atoms with Crippen LogP contribution in [-0.2, 0) is 6.54 Å². The lowest BCUT2D eigenvalue weighted by molar-refractivity contribution is 0.800. The molecule has 0 bridgehead atoms. The standard InChI is InChI=1S/C8H9ClN/c1-10-6-7-3-2-4-8(9)5-7/h2-5H,6H2,1H3. The van der Waals surface area contributed by atoms with E-state index in [0.717, 1.165) is 17.1 Å². The van der Waals surface area contributed by atoms with Crippen LogP contribution in [0.1, 0.15) is 5.56 Å². The summed E-state index contributed by atoms with van der Waals surface area (Å²) in [7, 11) is 1.79. The Morgan fingerprint density at radius 1 is 1.50 bits per heavy atom. The van der Waals surface area contributed by atoms with Crippen LogP contribution >= 0.6 is 11.6 Å². The molecule has 0 aliphatic carbocycles. The van der Waals surface area contributed by atoms with Gasteiger partial charge in [0.15, 0.2) is 0 Å². The average Bonchev–Trinajstić information content (AvgIpc) is 1.88. The third-order valence-corrected chi connectivity index (χ3v) is 1.46. The Bertz CT molecular complexity index is 210. The lowest BCUT2D eigenvalue weighted by atomic mass is 10.2. The van der Waals surface area contributed by atoms with Crippen molar-refractivity contribution in [2.45, 2.75) is 6.54 Å². The van der Waals surface area contributed by atoms with Crippen LogP contribution in [0.3, 0.4) is 0 Å². The maximum Gasteiger partial charge on any atom is 0.0409 e. The molecule has 0 aromatic heterocycles. The second kappa shape index (κ2) is 3.59. The number of benzene rings is 1. The lowest BCUT2D eigenvalue weighted by Gasteiger charge is -1.96. The number of halogens is 1. The van der Waals surface area contributed by atoms with Crippen LogP contribution in [0, 0.1) is 0 Å². The van der Waals surface area contributed by atoms with Crippen molar-refractivity contribution in [3.63, 3.8) is 0 Å². The molecular formula is C8H9ClN. The number of hydrogen-bond acceptors (Lipinski definition) is 0. The van der Waals surface area contributed by atoms with E-state index >= 15 is 0 Å². The fraction of sp³-hybridized carbons (Fsp3) is 0.250. The van der Waals surface area contributed by atoms with E-state index in [1.807, 2.05) is 24.3 Å². The van der Waals surface area contributed by atoms with Gasteiger partial charge >= 0.3 is 0 Å². The van der Waals surface area contributed by atoms with E-state index in [0.29, 0.717) is 0 Å². The minimum Gasteiger partial charge on any atom is -0.240 e. The molecule has 0 atom stereocenters. The molecule has 0 unspecified atom stereocenters. The Labute approximate surface area is 66.0 Å². The molecule has 1 aromatic carbocycles. The quantitative estimate of drug-likeness (QED) is 0.620. The molecule has 0 aliphatic rings. The molecule has 1 radical (unpaired) electrons. The summed E-state index contributed by atoms with van der Waals surface area (Å²) in [5, 5.41) is 4.77. The van der Waals surface area contributed by atoms with Gasteiger partial charge in [-0.3, -0.25) is 0 Å². The Kier molecular flexibility index (Phi) is 2.72. The largest absolute Gasteiger partial charge is 0.240 e. The van der Waals surface area contributed by atoms with Crippen molar-refractivity contribution in [2.24, 2.45) is 0 Å². The molecule has 10 heavy (non-hydrogen) atoms. The highest BCUT2D eigenvalue weighted by Gasteiger charge is 1.90. The second-order valence-electron chi connectivity index (χ2n) is 2.10. The van der Waals surface area contributed by atoms with Gasteiger partial charge in [0.05, 0.1) is 0 Å². The van der Waals surface area contributed by atoms with Crippen molar-refractivity contribution in [1.29, 1.82) is 0 Å². The van der Waals surface area contributed by atoms with Gasteiger partial charge in [-0.25, -0.2) is 5.32 Å². The Morgan fingerprint density at radius 2 is 2.30 bits per heavy atom. The predicted molar refractivity (Wildman–Crippen MR) is 43.2 cm³/mol. The van der Waals surface area contributed by atoms with Crippen molar-refractivity contribution in [2.75, 3.05) is 7.05 Å². The highest BCUT2D eigenvalue weighted by molar-refractivity contribution is 6.30. The lowest BCUT2D eigenvalue weighted by Crippen LogP contribution is -1.95. The fourth-order valence-electron chi connectivity index (χ4n) is 0.818. The van der Waals surface area contributed by atoms with Crippen molar-refractivity contribution in [3.05, 3.63) is 34.9 Å². The van der Waals surface area contributed by atoms with Gasteiger partial charge in [-0.2, -0.15) is 0 Å². The van der Waals surface area contributed by atoms with Crippen molar-refractivity contribution < 1.29 is 0 Å². The average molecular weight is 155 g/mol. The Balaban J connectivity index is 2.75. The molecule has 1 aromatic rings. The van der Waals surface area contributed by atoms with E-state index in [-0.39, 0.29) is 0 Å². The molecule has 1 nitrogen and oxygen atoms in total. The third kappa shape index (κ3) is 2.01.